The summed E-state index contributed by atoms with van der Waals surface area (Å²) in [5.41, 5.74) is 1.75. The van der Waals surface area contributed by atoms with Crippen molar-refractivity contribution in [2.24, 2.45) is 5.92 Å². The number of rotatable bonds is 6. The Kier molecular flexibility index (Phi) is 6.37. The third-order valence-corrected chi connectivity index (χ3v) is 6.49. The van der Waals surface area contributed by atoms with E-state index in [2.05, 4.69) is 4.90 Å². The average Bonchev–Trinajstić information content (AvgIpc) is 3.04. The highest BCUT2D eigenvalue weighted by molar-refractivity contribution is 6.23. The number of piperidine rings is 2. The molecule has 0 saturated carbocycles. The van der Waals surface area contributed by atoms with Crippen molar-refractivity contribution in [3.05, 3.63) is 29.3 Å². The number of amides is 3. The Morgan fingerprint density at radius 1 is 1.07 bits per heavy atom. The Morgan fingerprint density at radius 3 is 2.63 bits per heavy atom. The third-order valence-electron chi connectivity index (χ3n) is 6.49. The normalized spacial score (nSPS) is 21.9. The molecule has 2 fully saturated rings. The van der Waals surface area contributed by atoms with E-state index in [-0.39, 0.29) is 23.6 Å². The molecule has 7 nitrogen and oxygen atoms in total. The predicted molar refractivity (Wildman–Crippen MR) is 114 cm³/mol. The van der Waals surface area contributed by atoms with Gasteiger partial charge in [-0.3, -0.25) is 19.3 Å². The standard InChI is InChI=1S/C23H31N3O4/c1-30-15-7-14-26-22(28)18-9-5-10-19(20(18)23(26)29)25-13-6-8-17(16-25)21(27)24-11-3-2-4-12-24/h5,9-10,17H,2-4,6-8,11-16H2,1H3. The van der Waals surface area contributed by atoms with Crippen LogP contribution in [0.5, 0.6) is 0 Å². The Bertz CT molecular complexity index is 819. The summed E-state index contributed by atoms with van der Waals surface area (Å²) >= 11 is 0. The van der Waals surface area contributed by atoms with Gasteiger partial charge in [0.1, 0.15) is 0 Å². The molecule has 0 aromatic heterocycles. The molecule has 1 unspecified atom stereocenters. The second kappa shape index (κ2) is 9.16. The second-order valence-electron chi connectivity index (χ2n) is 8.48. The zero-order valence-corrected chi connectivity index (χ0v) is 17.8. The van der Waals surface area contributed by atoms with Gasteiger partial charge in [-0.15, -0.1) is 0 Å². The fraction of sp³-hybridized carbons (Fsp3) is 0.609. The van der Waals surface area contributed by atoms with Gasteiger partial charge in [0.15, 0.2) is 0 Å². The van der Waals surface area contributed by atoms with Crippen LogP contribution in [0.4, 0.5) is 5.69 Å². The number of imide groups is 1. The fourth-order valence-corrected chi connectivity index (χ4v) is 4.92. The number of likely N-dealkylation sites (tertiary alicyclic amines) is 1. The summed E-state index contributed by atoms with van der Waals surface area (Å²) in [4.78, 5) is 44.4. The molecule has 3 aliphatic heterocycles. The van der Waals surface area contributed by atoms with E-state index in [1.807, 2.05) is 17.0 Å². The Hall–Kier alpha value is -2.41. The van der Waals surface area contributed by atoms with E-state index in [1.54, 1.807) is 13.2 Å². The molecule has 30 heavy (non-hydrogen) atoms. The van der Waals surface area contributed by atoms with Crippen molar-refractivity contribution in [2.45, 2.75) is 38.5 Å². The van der Waals surface area contributed by atoms with Crippen molar-refractivity contribution in [3.8, 4) is 0 Å². The summed E-state index contributed by atoms with van der Waals surface area (Å²) in [5.74, 6) is -0.259. The summed E-state index contributed by atoms with van der Waals surface area (Å²) in [6.45, 7) is 3.99. The highest BCUT2D eigenvalue weighted by Gasteiger charge is 2.39. The molecule has 3 heterocycles. The van der Waals surface area contributed by atoms with Gasteiger partial charge in [-0.2, -0.15) is 0 Å². The summed E-state index contributed by atoms with van der Waals surface area (Å²) in [6.07, 6.45) is 5.79. The first-order valence-electron chi connectivity index (χ1n) is 11.1. The first kappa shape index (κ1) is 20.8. The zero-order valence-electron chi connectivity index (χ0n) is 17.8. The van der Waals surface area contributed by atoms with Gasteiger partial charge in [0.05, 0.1) is 22.7 Å². The number of anilines is 1. The maximum atomic E-state index is 13.1. The van der Waals surface area contributed by atoms with Crippen LogP contribution < -0.4 is 4.90 Å². The van der Waals surface area contributed by atoms with Crippen LogP contribution in [0, 0.1) is 5.92 Å². The van der Waals surface area contributed by atoms with Crippen LogP contribution in [0.15, 0.2) is 18.2 Å². The van der Waals surface area contributed by atoms with Crippen LogP contribution in [0.2, 0.25) is 0 Å². The van der Waals surface area contributed by atoms with Crippen LogP contribution in [-0.2, 0) is 9.53 Å². The van der Waals surface area contributed by atoms with E-state index in [1.165, 1.54) is 11.3 Å². The van der Waals surface area contributed by atoms with Crippen molar-refractivity contribution < 1.29 is 19.1 Å². The lowest BCUT2D eigenvalue weighted by Crippen LogP contribution is -2.46. The van der Waals surface area contributed by atoms with E-state index in [9.17, 15) is 14.4 Å². The van der Waals surface area contributed by atoms with Crippen LogP contribution in [-0.4, -0.2) is 74.0 Å². The van der Waals surface area contributed by atoms with Gasteiger partial charge in [-0.25, -0.2) is 0 Å². The van der Waals surface area contributed by atoms with Crippen molar-refractivity contribution >= 4 is 23.4 Å². The van der Waals surface area contributed by atoms with E-state index in [0.717, 1.165) is 51.0 Å². The topological polar surface area (TPSA) is 70.2 Å². The van der Waals surface area contributed by atoms with Gasteiger partial charge < -0.3 is 14.5 Å². The average molecular weight is 414 g/mol. The van der Waals surface area contributed by atoms with Crippen LogP contribution in [0.1, 0.15) is 59.2 Å². The molecule has 162 valence electrons. The lowest BCUT2D eigenvalue weighted by Gasteiger charge is -2.37. The van der Waals surface area contributed by atoms with Gasteiger partial charge in [0, 0.05) is 46.4 Å². The van der Waals surface area contributed by atoms with Crippen molar-refractivity contribution in [2.75, 3.05) is 51.3 Å². The van der Waals surface area contributed by atoms with Crippen molar-refractivity contribution in [1.29, 1.82) is 0 Å². The summed E-state index contributed by atoms with van der Waals surface area (Å²) < 4.78 is 5.06. The van der Waals surface area contributed by atoms with E-state index in [0.29, 0.717) is 37.2 Å². The molecule has 3 amide bonds. The number of fused-ring (bicyclic) bond motifs is 1. The van der Waals surface area contributed by atoms with E-state index < -0.39 is 0 Å². The molecule has 0 radical (unpaired) electrons. The summed E-state index contributed by atoms with van der Waals surface area (Å²) in [5, 5.41) is 0. The number of carbonyl (C=O) groups is 3. The molecular weight excluding hydrogens is 382 g/mol. The number of hydrogen-bond acceptors (Lipinski definition) is 5. The summed E-state index contributed by atoms with van der Waals surface area (Å²) in [6, 6.07) is 5.49. The molecule has 1 aromatic rings. The molecule has 0 aliphatic carbocycles. The lowest BCUT2D eigenvalue weighted by molar-refractivity contribution is -0.136. The van der Waals surface area contributed by atoms with Crippen LogP contribution in [0.25, 0.3) is 0 Å². The van der Waals surface area contributed by atoms with Crippen molar-refractivity contribution in [3.63, 3.8) is 0 Å². The number of nitrogens with zero attached hydrogens (tertiary/aromatic N) is 3. The minimum absolute atomic E-state index is 0.0438. The lowest BCUT2D eigenvalue weighted by atomic mass is 9.94. The Balaban J connectivity index is 1.52. The molecule has 7 heteroatoms. The molecule has 1 aromatic carbocycles. The molecule has 2 saturated heterocycles. The molecule has 4 rings (SSSR count). The summed E-state index contributed by atoms with van der Waals surface area (Å²) in [7, 11) is 1.61. The van der Waals surface area contributed by atoms with Gasteiger partial charge in [0.2, 0.25) is 5.91 Å². The Morgan fingerprint density at radius 2 is 1.87 bits per heavy atom. The quantitative estimate of drug-likeness (QED) is 0.530. The van der Waals surface area contributed by atoms with Gasteiger partial charge in [-0.1, -0.05) is 6.07 Å². The largest absolute Gasteiger partial charge is 0.385 e. The molecule has 0 spiro atoms. The van der Waals surface area contributed by atoms with Crippen LogP contribution >= 0.6 is 0 Å². The highest BCUT2D eigenvalue weighted by atomic mass is 16.5. The first-order chi connectivity index (χ1) is 14.6. The highest BCUT2D eigenvalue weighted by Crippen LogP contribution is 2.34. The minimum atomic E-state index is -0.231. The molecule has 3 aliphatic rings. The van der Waals surface area contributed by atoms with Crippen molar-refractivity contribution in [1.82, 2.24) is 9.80 Å². The minimum Gasteiger partial charge on any atom is -0.385 e. The number of methoxy groups -OCH3 is 1. The zero-order chi connectivity index (χ0) is 21.1. The van der Waals surface area contributed by atoms with Crippen LogP contribution in [0.3, 0.4) is 0 Å². The molecular formula is C23H31N3O4. The smallest absolute Gasteiger partial charge is 0.263 e. The van der Waals surface area contributed by atoms with Gasteiger partial charge in [0.25, 0.3) is 11.8 Å². The fourth-order valence-electron chi connectivity index (χ4n) is 4.92. The molecule has 1 atom stereocenters. The first-order valence-corrected chi connectivity index (χ1v) is 11.1. The monoisotopic (exact) mass is 413 g/mol. The maximum absolute atomic E-state index is 13.1. The second-order valence-corrected chi connectivity index (χ2v) is 8.48. The van der Waals surface area contributed by atoms with Gasteiger partial charge >= 0.3 is 0 Å². The number of benzene rings is 1. The number of ether oxygens (including phenoxy) is 1. The molecule has 0 bridgehead atoms. The molecule has 0 N–H and O–H groups in total. The van der Waals surface area contributed by atoms with E-state index >= 15 is 0 Å². The Labute approximate surface area is 177 Å². The maximum Gasteiger partial charge on any atom is 0.263 e. The predicted octanol–water partition coefficient (Wildman–Crippen LogP) is 2.55. The SMILES string of the molecule is COCCCN1C(=O)c2cccc(N3CCCC(C(=O)N4CCCCC4)C3)c2C1=O. The number of carbonyl (C=O) groups excluding carboxylic acids is 3. The van der Waals surface area contributed by atoms with Gasteiger partial charge in [-0.05, 0) is 50.7 Å². The number of hydrogen-bond donors (Lipinski definition) is 0. The van der Waals surface area contributed by atoms with E-state index in [4.69, 9.17) is 4.74 Å². The third kappa shape index (κ3) is 3.95.